The van der Waals surface area contributed by atoms with E-state index in [-0.39, 0.29) is 5.78 Å². The molecule has 0 spiro atoms. The number of hydrogen-bond acceptors (Lipinski definition) is 3. The zero-order valence-corrected chi connectivity index (χ0v) is 14.7. The van der Waals surface area contributed by atoms with Gasteiger partial charge in [0, 0.05) is 6.42 Å². The van der Waals surface area contributed by atoms with Crippen LogP contribution in [0.1, 0.15) is 26.7 Å². The van der Waals surface area contributed by atoms with E-state index in [0.717, 1.165) is 6.42 Å². The van der Waals surface area contributed by atoms with Crippen molar-refractivity contribution in [3.05, 3.63) is 0 Å². The maximum Gasteiger partial charge on any atom is 0.178 e. The summed E-state index contributed by atoms with van der Waals surface area (Å²) in [6.07, 6.45) is 1.51. The molecule has 0 unspecified atom stereocenters. The van der Waals surface area contributed by atoms with Crippen molar-refractivity contribution < 1.29 is 4.79 Å². The SMILES string of the molecule is CCCC(=O)C(C)=NN([Si](C)(C)C)[Si](C)(C)C. The molecule has 0 heterocycles. The van der Waals surface area contributed by atoms with Gasteiger partial charge >= 0.3 is 0 Å². The topological polar surface area (TPSA) is 32.7 Å². The highest BCUT2D eigenvalue weighted by molar-refractivity contribution is 6.89. The van der Waals surface area contributed by atoms with E-state index in [1.807, 2.05) is 13.8 Å². The van der Waals surface area contributed by atoms with E-state index in [1.54, 1.807) is 0 Å². The lowest BCUT2D eigenvalue weighted by atomic mass is 10.2. The Kier molecular flexibility index (Phi) is 5.80. The minimum atomic E-state index is -1.50. The number of nitrogens with zero attached hydrogens (tertiary/aromatic N) is 2. The predicted octanol–water partition coefficient (Wildman–Crippen LogP) is 3.70. The van der Waals surface area contributed by atoms with Crippen LogP contribution in [-0.4, -0.2) is 32.3 Å². The molecule has 0 aromatic heterocycles. The molecule has 3 nitrogen and oxygen atoms in total. The van der Waals surface area contributed by atoms with Crippen LogP contribution in [0.25, 0.3) is 0 Å². The number of carbonyl (C=O) groups is 1. The molecule has 100 valence electrons. The first-order valence-electron chi connectivity index (χ1n) is 6.39. The number of ketones is 1. The van der Waals surface area contributed by atoms with Gasteiger partial charge in [0.05, 0.1) is 5.71 Å². The molecule has 0 radical (unpaired) electrons. The summed E-state index contributed by atoms with van der Waals surface area (Å²) in [7, 11) is -3.00. The van der Waals surface area contributed by atoms with E-state index < -0.39 is 16.5 Å². The first-order chi connectivity index (χ1) is 7.50. The van der Waals surface area contributed by atoms with Crippen molar-refractivity contribution >= 4 is 28.0 Å². The molecule has 0 saturated heterocycles. The highest BCUT2D eigenvalue weighted by Crippen LogP contribution is 2.20. The lowest BCUT2D eigenvalue weighted by Crippen LogP contribution is -2.56. The molecule has 0 aliphatic rings. The molecule has 0 amide bonds. The Morgan fingerprint density at radius 2 is 1.47 bits per heavy atom. The van der Waals surface area contributed by atoms with E-state index in [1.165, 1.54) is 0 Å². The number of hydrogen-bond donors (Lipinski definition) is 0. The summed E-state index contributed by atoms with van der Waals surface area (Å²) in [5, 5.41) is 4.66. The van der Waals surface area contributed by atoms with Gasteiger partial charge in [0.2, 0.25) is 0 Å². The molecule has 0 aliphatic heterocycles. The Morgan fingerprint density at radius 3 is 1.76 bits per heavy atom. The van der Waals surface area contributed by atoms with Gasteiger partial charge in [0.25, 0.3) is 0 Å². The summed E-state index contributed by atoms with van der Waals surface area (Å²) in [6.45, 7) is 17.6. The number of hydrazone groups is 1. The third-order valence-electron chi connectivity index (χ3n) is 2.40. The molecule has 0 rings (SSSR count). The lowest BCUT2D eigenvalue weighted by Gasteiger charge is -2.41. The molecular formula is C12H28N2OSi2. The summed E-state index contributed by atoms with van der Waals surface area (Å²) in [6, 6.07) is 0. The van der Waals surface area contributed by atoms with Crippen LogP contribution in [-0.2, 0) is 4.79 Å². The zero-order chi connectivity index (χ0) is 13.9. The highest BCUT2D eigenvalue weighted by Gasteiger charge is 2.34. The monoisotopic (exact) mass is 272 g/mol. The molecule has 0 fully saturated rings. The Labute approximate surface area is 108 Å². The van der Waals surface area contributed by atoms with Gasteiger partial charge in [0.15, 0.2) is 22.3 Å². The molecule has 0 aromatic rings. The fraction of sp³-hybridized carbons (Fsp3) is 0.833. The van der Waals surface area contributed by atoms with Crippen molar-refractivity contribution in [1.29, 1.82) is 0 Å². The van der Waals surface area contributed by atoms with Crippen molar-refractivity contribution in [2.75, 3.05) is 0 Å². The van der Waals surface area contributed by atoms with E-state index in [4.69, 9.17) is 0 Å². The normalized spacial score (nSPS) is 13.8. The lowest BCUT2D eigenvalue weighted by molar-refractivity contribution is -0.113. The first-order valence-corrected chi connectivity index (χ1v) is 13.3. The molecule has 0 saturated carbocycles. The summed E-state index contributed by atoms with van der Waals surface area (Å²) < 4.78 is 2.29. The summed E-state index contributed by atoms with van der Waals surface area (Å²) in [5.41, 5.74) is 0.678. The maximum absolute atomic E-state index is 11.8. The van der Waals surface area contributed by atoms with Crippen molar-refractivity contribution in [2.24, 2.45) is 5.10 Å². The third kappa shape index (κ3) is 5.63. The largest absolute Gasteiger partial charge is 0.349 e. The van der Waals surface area contributed by atoms with Crippen molar-refractivity contribution in [1.82, 2.24) is 4.34 Å². The highest BCUT2D eigenvalue weighted by atomic mass is 28.4. The van der Waals surface area contributed by atoms with Crippen LogP contribution in [0.15, 0.2) is 5.10 Å². The summed E-state index contributed by atoms with van der Waals surface area (Å²) in [4.78, 5) is 11.8. The fourth-order valence-electron chi connectivity index (χ4n) is 1.92. The molecule has 5 heteroatoms. The number of Topliss-reactive ketones (excluding diaryl/α,β-unsaturated/α-hetero) is 1. The van der Waals surface area contributed by atoms with Gasteiger partial charge in [-0.3, -0.25) is 4.79 Å². The molecule has 0 bridgehead atoms. The van der Waals surface area contributed by atoms with E-state index in [9.17, 15) is 4.79 Å². The molecule has 0 atom stereocenters. The van der Waals surface area contributed by atoms with Crippen molar-refractivity contribution in [3.63, 3.8) is 0 Å². The van der Waals surface area contributed by atoms with Gasteiger partial charge in [-0.2, -0.15) is 5.10 Å². The second-order valence-corrected chi connectivity index (χ2v) is 16.5. The van der Waals surface area contributed by atoms with Crippen LogP contribution >= 0.6 is 0 Å². The van der Waals surface area contributed by atoms with Crippen LogP contribution in [0.5, 0.6) is 0 Å². The van der Waals surface area contributed by atoms with Gasteiger partial charge in [0.1, 0.15) is 0 Å². The van der Waals surface area contributed by atoms with Crippen LogP contribution in [0, 0.1) is 0 Å². The molecule has 0 aliphatic carbocycles. The van der Waals surface area contributed by atoms with Crippen molar-refractivity contribution in [3.8, 4) is 0 Å². The predicted molar refractivity (Wildman–Crippen MR) is 81.6 cm³/mol. The second kappa shape index (κ2) is 5.95. The van der Waals surface area contributed by atoms with Crippen LogP contribution in [0.2, 0.25) is 39.3 Å². The zero-order valence-electron chi connectivity index (χ0n) is 12.7. The van der Waals surface area contributed by atoms with Gasteiger partial charge in [-0.15, -0.1) is 0 Å². The average molecular weight is 273 g/mol. The van der Waals surface area contributed by atoms with E-state index >= 15 is 0 Å². The Balaban J connectivity index is 5.12. The Hall–Kier alpha value is -0.426. The van der Waals surface area contributed by atoms with Gasteiger partial charge < -0.3 is 4.34 Å². The van der Waals surface area contributed by atoms with Gasteiger partial charge in [-0.25, -0.2) is 0 Å². The Bertz CT molecular complexity index is 287. The van der Waals surface area contributed by atoms with Crippen LogP contribution in [0.3, 0.4) is 0 Å². The van der Waals surface area contributed by atoms with E-state index in [2.05, 4.69) is 48.7 Å². The van der Waals surface area contributed by atoms with E-state index in [0.29, 0.717) is 12.1 Å². The number of carbonyl (C=O) groups excluding carboxylic acids is 1. The van der Waals surface area contributed by atoms with Crippen LogP contribution < -0.4 is 0 Å². The molecule has 0 aromatic carbocycles. The standard InChI is InChI=1S/C12H28N2OSi2/c1-9-10-12(15)11(2)13-14(16(3,4)5)17(6,7)8/h9-10H2,1-8H3. The maximum atomic E-state index is 11.8. The smallest absolute Gasteiger partial charge is 0.178 e. The molecular weight excluding hydrogens is 244 g/mol. The first kappa shape index (κ1) is 16.6. The fourth-order valence-corrected chi connectivity index (χ4v) is 10.9. The van der Waals surface area contributed by atoms with Crippen molar-refractivity contribution in [2.45, 2.75) is 66.0 Å². The third-order valence-corrected chi connectivity index (χ3v) is 9.17. The van der Waals surface area contributed by atoms with Crippen LogP contribution in [0.4, 0.5) is 0 Å². The Morgan fingerprint density at radius 1 is 1.06 bits per heavy atom. The summed E-state index contributed by atoms with van der Waals surface area (Å²) >= 11 is 0. The molecule has 17 heavy (non-hydrogen) atoms. The summed E-state index contributed by atoms with van der Waals surface area (Å²) in [5.74, 6) is 0.189. The average Bonchev–Trinajstić information content (AvgIpc) is 2.10. The second-order valence-electron chi connectivity index (χ2n) is 6.51. The number of rotatable bonds is 6. The minimum absolute atomic E-state index is 0.189. The van der Waals surface area contributed by atoms with Gasteiger partial charge in [-0.05, 0) is 13.3 Å². The minimum Gasteiger partial charge on any atom is -0.349 e. The van der Waals surface area contributed by atoms with Gasteiger partial charge in [-0.1, -0.05) is 46.2 Å². The quantitative estimate of drug-likeness (QED) is 0.419. The molecule has 0 N–H and O–H groups in total.